The van der Waals surface area contributed by atoms with Gasteiger partial charge in [0.05, 0.1) is 0 Å². The molecule has 0 nitrogen and oxygen atoms in total. The van der Waals surface area contributed by atoms with Gasteiger partial charge in [0.25, 0.3) is 0 Å². The number of fused-ring (bicyclic) bond motifs is 1. The van der Waals surface area contributed by atoms with Gasteiger partial charge in [-0.1, -0.05) is 96.1 Å². The van der Waals surface area contributed by atoms with Gasteiger partial charge in [-0.05, 0) is 59.7 Å². The molecule has 0 saturated heterocycles. The Bertz CT molecular complexity index is 936. The molecular weight excluding hydrogens is 312 g/mol. The zero-order valence-corrected chi connectivity index (χ0v) is 15.5. The molecule has 0 amide bonds. The van der Waals surface area contributed by atoms with Crippen LogP contribution in [0.5, 0.6) is 0 Å². The second-order valence-corrected chi connectivity index (χ2v) is 7.25. The molecule has 4 aromatic carbocycles. The minimum atomic E-state index is 0.978. The molecule has 0 N–H and O–H groups in total. The van der Waals surface area contributed by atoms with Crippen LogP contribution in [-0.2, 0) is 12.8 Å². The second kappa shape index (κ2) is 7.17. The summed E-state index contributed by atoms with van der Waals surface area (Å²) in [5, 5.41) is 2.75. The lowest BCUT2D eigenvalue weighted by atomic mass is 9.92. The summed E-state index contributed by atoms with van der Waals surface area (Å²) >= 11 is 0. The first kappa shape index (κ1) is 16.6. The van der Waals surface area contributed by atoms with Crippen molar-refractivity contribution in [3.8, 4) is 0 Å². The maximum Gasteiger partial charge on any atom is -0.00196 e. The molecule has 0 aromatic heterocycles. The lowest BCUT2D eigenvalue weighted by molar-refractivity contribution is 1.17. The maximum atomic E-state index is 2.31. The van der Waals surface area contributed by atoms with Crippen molar-refractivity contribution in [2.45, 2.75) is 26.7 Å². The molecule has 128 valence electrons. The molecule has 0 heterocycles. The summed E-state index contributed by atoms with van der Waals surface area (Å²) < 4.78 is 0. The highest BCUT2D eigenvalue weighted by Gasteiger charge is 2.07. The van der Waals surface area contributed by atoms with Crippen molar-refractivity contribution in [3.63, 3.8) is 0 Å². The zero-order chi connectivity index (χ0) is 17.9. The smallest absolute Gasteiger partial charge is 0.00196 e. The van der Waals surface area contributed by atoms with E-state index >= 15 is 0 Å². The SMILES string of the molecule is Cc1ccc(Cc2ccc(Cc3ccc(C)cc3)c3ccccc23)cc1. The van der Waals surface area contributed by atoms with Crippen molar-refractivity contribution in [3.05, 3.63) is 118 Å². The predicted molar refractivity (Wildman–Crippen MR) is 112 cm³/mol. The molecule has 0 fully saturated rings. The Hall–Kier alpha value is -2.86. The Morgan fingerprint density at radius 3 is 1.23 bits per heavy atom. The highest BCUT2D eigenvalue weighted by molar-refractivity contribution is 5.89. The van der Waals surface area contributed by atoms with Gasteiger partial charge in [-0.2, -0.15) is 0 Å². The summed E-state index contributed by atoms with van der Waals surface area (Å²) in [5.74, 6) is 0. The van der Waals surface area contributed by atoms with Crippen molar-refractivity contribution in [2.24, 2.45) is 0 Å². The van der Waals surface area contributed by atoms with Gasteiger partial charge in [-0.3, -0.25) is 0 Å². The van der Waals surface area contributed by atoms with Crippen LogP contribution < -0.4 is 0 Å². The van der Waals surface area contributed by atoms with Gasteiger partial charge in [0.15, 0.2) is 0 Å². The molecule has 0 aliphatic heterocycles. The van der Waals surface area contributed by atoms with E-state index in [4.69, 9.17) is 0 Å². The van der Waals surface area contributed by atoms with Crippen LogP contribution in [0.2, 0.25) is 0 Å². The molecule has 4 aromatic rings. The van der Waals surface area contributed by atoms with Crippen LogP contribution >= 0.6 is 0 Å². The van der Waals surface area contributed by atoms with Gasteiger partial charge in [-0.15, -0.1) is 0 Å². The topological polar surface area (TPSA) is 0 Å². The molecule has 0 heteroatoms. The van der Waals surface area contributed by atoms with Crippen LogP contribution in [0.1, 0.15) is 33.4 Å². The third-order valence-electron chi connectivity index (χ3n) is 5.14. The van der Waals surface area contributed by atoms with Gasteiger partial charge in [0.2, 0.25) is 0 Å². The van der Waals surface area contributed by atoms with Gasteiger partial charge in [-0.25, -0.2) is 0 Å². The molecule has 0 spiro atoms. The molecule has 0 unspecified atom stereocenters. The van der Waals surface area contributed by atoms with E-state index in [9.17, 15) is 0 Å². The van der Waals surface area contributed by atoms with Gasteiger partial charge >= 0.3 is 0 Å². The maximum absolute atomic E-state index is 2.31. The lowest BCUT2D eigenvalue weighted by Crippen LogP contribution is -1.95. The van der Waals surface area contributed by atoms with Gasteiger partial charge in [0.1, 0.15) is 0 Å². The molecule has 26 heavy (non-hydrogen) atoms. The summed E-state index contributed by atoms with van der Waals surface area (Å²) in [4.78, 5) is 0. The highest BCUT2D eigenvalue weighted by atomic mass is 14.1. The highest BCUT2D eigenvalue weighted by Crippen LogP contribution is 2.27. The quantitative estimate of drug-likeness (QED) is 0.392. The zero-order valence-electron chi connectivity index (χ0n) is 15.5. The van der Waals surface area contributed by atoms with E-state index in [2.05, 4.69) is 98.8 Å². The molecule has 0 aliphatic rings. The van der Waals surface area contributed by atoms with E-state index in [1.165, 1.54) is 44.2 Å². The van der Waals surface area contributed by atoms with E-state index in [1.54, 1.807) is 0 Å². The average Bonchev–Trinajstić information content (AvgIpc) is 2.67. The Morgan fingerprint density at radius 1 is 0.462 bits per heavy atom. The van der Waals surface area contributed by atoms with Crippen LogP contribution in [-0.4, -0.2) is 0 Å². The average molecular weight is 336 g/mol. The Labute approximate surface area is 156 Å². The lowest BCUT2D eigenvalue weighted by Gasteiger charge is -2.12. The fourth-order valence-electron chi connectivity index (χ4n) is 3.58. The third-order valence-corrected chi connectivity index (χ3v) is 5.14. The van der Waals surface area contributed by atoms with E-state index in [0.717, 1.165) is 12.8 Å². The fourth-order valence-corrected chi connectivity index (χ4v) is 3.58. The molecule has 4 rings (SSSR count). The number of aryl methyl sites for hydroxylation is 2. The monoisotopic (exact) mass is 336 g/mol. The fraction of sp³-hybridized carbons (Fsp3) is 0.154. The number of rotatable bonds is 4. The van der Waals surface area contributed by atoms with E-state index in [-0.39, 0.29) is 0 Å². The minimum Gasteiger partial charge on any atom is -0.0616 e. The summed E-state index contributed by atoms with van der Waals surface area (Å²) in [6.45, 7) is 4.28. The number of benzene rings is 4. The minimum absolute atomic E-state index is 0.978. The Kier molecular flexibility index (Phi) is 4.58. The summed E-state index contributed by atoms with van der Waals surface area (Å²) in [5.41, 5.74) is 8.16. The molecule has 0 saturated carbocycles. The van der Waals surface area contributed by atoms with Crippen LogP contribution in [0, 0.1) is 13.8 Å². The van der Waals surface area contributed by atoms with Gasteiger partial charge in [0, 0.05) is 0 Å². The normalized spacial score (nSPS) is 11.0. The standard InChI is InChI=1S/C26H24/c1-19-7-11-21(12-8-19)17-23-15-16-24(26-6-4-3-5-25(23)26)18-22-13-9-20(2)10-14-22/h3-16H,17-18H2,1-2H3. The summed E-state index contributed by atoms with van der Waals surface area (Å²) in [7, 11) is 0. The molecule has 0 bridgehead atoms. The van der Waals surface area contributed by atoms with E-state index < -0.39 is 0 Å². The van der Waals surface area contributed by atoms with Crippen LogP contribution in [0.15, 0.2) is 84.9 Å². The van der Waals surface area contributed by atoms with Crippen molar-refractivity contribution in [1.82, 2.24) is 0 Å². The van der Waals surface area contributed by atoms with Crippen molar-refractivity contribution >= 4 is 10.8 Å². The van der Waals surface area contributed by atoms with Crippen LogP contribution in [0.3, 0.4) is 0 Å². The number of hydrogen-bond donors (Lipinski definition) is 0. The second-order valence-electron chi connectivity index (χ2n) is 7.25. The molecule has 0 atom stereocenters. The van der Waals surface area contributed by atoms with Crippen LogP contribution in [0.4, 0.5) is 0 Å². The van der Waals surface area contributed by atoms with E-state index in [0.29, 0.717) is 0 Å². The predicted octanol–water partition coefficient (Wildman–Crippen LogP) is 6.64. The first-order valence-electron chi connectivity index (χ1n) is 9.29. The first-order valence-corrected chi connectivity index (χ1v) is 9.29. The van der Waals surface area contributed by atoms with Crippen molar-refractivity contribution in [1.29, 1.82) is 0 Å². The molecule has 0 aliphatic carbocycles. The molecular formula is C26H24. The Morgan fingerprint density at radius 2 is 0.846 bits per heavy atom. The number of hydrogen-bond acceptors (Lipinski definition) is 0. The Balaban J connectivity index is 1.70. The van der Waals surface area contributed by atoms with E-state index in [1.807, 2.05) is 0 Å². The third kappa shape index (κ3) is 3.55. The van der Waals surface area contributed by atoms with Crippen molar-refractivity contribution in [2.75, 3.05) is 0 Å². The summed E-state index contributed by atoms with van der Waals surface area (Å²) in [6, 6.07) is 31.2. The van der Waals surface area contributed by atoms with Crippen molar-refractivity contribution < 1.29 is 0 Å². The van der Waals surface area contributed by atoms with Crippen LogP contribution in [0.25, 0.3) is 10.8 Å². The van der Waals surface area contributed by atoms with Gasteiger partial charge < -0.3 is 0 Å². The first-order chi connectivity index (χ1) is 12.7. The molecule has 0 radical (unpaired) electrons. The largest absolute Gasteiger partial charge is 0.0616 e. The summed E-state index contributed by atoms with van der Waals surface area (Å²) in [6.07, 6.45) is 1.96.